The number of fused-ring (bicyclic) bond motifs is 1. The van der Waals surface area contributed by atoms with Gasteiger partial charge in [0.05, 0.1) is 6.54 Å². The quantitative estimate of drug-likeness (QED) is 0.874. The fraction of sp³-hybridized carbons (Fsp3) is 0.538. The first kappa shape index (κ1) is 12.3. The maximum Gasteiger partial charge on any atom is 0.255 e. The van der Waals surface area contributed by atoms with Crippen molar-refractivity contribution < 1.29 is 8.78 Å². The number of rotatable bonds is 3. The SMILES string of the molecule is CNC1CCCN(CC(F)F)c2ccccc21. The van der Waals surface area contributed by atoms with Gasteiger partial charge in [-0.25, -0.2) is 8.78 Å². The predicted molar refractivity (Wildman–Crippen MR) is 65.7 cm³/mol. The molecule has 94 valence electrons. The summed E-state index contributed by atoms with van der Waals surface area (Å²) in [5, 5.41) is 3.26. The van der Waals surface area contributed by atoms with Crippen molar-refractivity contribution in [2.24, 2.45) is 0 Å². The van der Waals surface area contributed by atoms with E-state index in [1.165, 1.54) is 0 Å². The first-order valence-electron chi connectivity index (χ1n) is 6.01. The highest BCUT2D eigenvalue weighted by molar-refractivity contribution is 5.55. The number of nitrogens with zero attached hydrogens (tertiary/aromatic N) is 1. The molecular formula is C13H18F2N2. The van der Waals surface area contributed by atoms with Crippen molar-refractivity contribution in [3.05, 3.63) is 29.8 Å². The van der Waals surface area contributed by atoms with E-state index in [1.807, 2.05) is 31.3 Å². The zero-order chi connectivity index (χ0) is 12.3. The van der Waals surface area contributed by atoms with Gasteiger partial charge in [0.1, 0.15) is 0 Å². The van der Waals surface area contributed by atoms with Crippen LogP contribution in [0.5, 0.6) is 0 Å². The van der Waals surface area contributed by atoms with Crippen molar-refractivity contribution in [2.75, 3.05) is 25.0 Å². The molecule has 0 amide bonds. The molecule has 4 heteroatoms. The molecule has 0 bridgehead atoms. The van der Waals surface area contributed by atoms with E-state index < -0.39 is 6.43 Å². The van der Waals surface area contributed by atoms with E-state index in [4.69, 9.17) is 0 Å². The van der Waals surface area contributed by atoms with Gasteiger partial charge in [0.25, 0.3) is 6.43 Å². The van der Waals surface area contributed by atoms with Crippen LogP contribution in [0.1, 0.15) is 24.4 Å². The number of benzene rings is 1. The third-order valence-corrected chi connectivity index (χ3v) is 3.28. The Bertz CT molecular complexity index is 368. The van der Waals surface area contributed by atoms with Crippen molar-refractivity contribution in [1.82, 2.24) is 5.32 Å². The topological polar surface area (TPSA) is 15.3 Å². The number of anilines is 1. The summed E-state index contributed by atoms with van der Waals surface area (Å²) in [6.07, 6.45) is -0.352. The molecule has 0 aliphatic carbocycles. The molecule has 2 nitrogen and oxygen atoms in total. The van der Waals surface area contributed by atoms with E-state index in [0.29, 0.717) is 6.54 Å². The normalized spacial score (nSPS) is 20.2. The van der Waals surface area contributed by atoms with Crippen LogP contribution in [0.4, 0.5) is 14.5 Å². The van der Waals surface area contributed by atoms with Crippen molar-refractivity contribution in [3.8, 4) is 0 Å². The Kier molecular flexibility index (Phi) is 3.94. The van der Waals surface area contributed by atoms with Gasteiger partial charge in [0, 0.05) is 18.3 Å². The first-order chi connectivity index (χ1) is 8.22. The number of hydrogen-bond donors (Lipinski definition) is 1. The van der Waals surface area contributed by atoms with Gasteiger partial charge >= 0.3 is 0 Å². The fourth-order valence-electron chi connectivity index (χ4n) is 2.49. The van der Waals surface area contributed by atoms with Crippen LogP contribution >= 0.6 is 0 Å². The molecular weight excluding hydrogens is 222 g/mol. The second-order valence-electron chi connectivity index (χ2n) is 4.38. The van der Waals surface area contributed by atoms with Crippen molar-refractivity contribution >= 4 is 5.69 Å². The summed E-state index contributed by atoms with van der Waals surface area (Å²) >= 11 is 0. The molecule has 2 rings (SSSR count). The fourth-order valence-corrected chi connectivity index (χ4v) is 2.49. The molecule has 1 heterocycles. The summed E-state index contributed by atoms with van der Waals surface area (Å²) in [6.45, 7) is 0.535. The lowest BCUT2D eigenvalue weighted by Gasteiger charge is -2.25. The summed E-state index contributed by atoms with van der Waals surface area (Å²) in [5.41, 5.74) is 2.08. The van der Waals surface area contributed by atoms with Gasteiger partial charge in [-0.3, -0.25) is 0 Å². The number of para-hydroxylation sites is 1. The van der Waals surface area contributed by atoms with Crippen LogP contribution in [0.2, 0.25) is 0 Å². The largest absolute Gasteiger partial charge is 0.366 e. The van der Waals surface area contributed by atoms with E-state index in [9.17, 15) is 8.78 Å². The molecule has 1 atom stereocenters. The maximum absolute atomic E-state index is 12.6. The van der Waals surface area contributed by atoms with Crippen molar-refractivity contribution in [1.29, 1.82) is 0 Å². The number of nitrogens with one attached hydrogen (secondary N) is 1. The molecule has 1 unspecified atom stereocenters. The van der Waals surface area contributed by atoms with Crippen LogP contribution in [0.25, 0.3) is 0 Å². The molecule has 0 radical (unpaired) electrons. The second-order valence-corrected chi connectivity index (χ2v) is 4.38. The molecule has 1 aliphatic rings. The molecule has 1 aliphatic heterocycles. The van der Waals surface area contributed by atoms with E-state index in [2.05, 4.69) is 5.32 Å². The highest BCUT2D eigenvalue weighted by atomic mass is 19.3. The van der Waals surface area contributed by atoms with E-state index in [0.717, 1.165) is 24.1 Å². The minimum absolute atomic E-state index is 0.173. The number of alkyl halides is 2. The molecule has 17 heavy (non-hydrogen) atoms. The third-order valence-electron chi connectivity index (χ3n) is 3.28. The first-order valence-corrected chi connectivity index (χ1v) is 6.01. The van der Waals surface area contributed by atoms with Crippen LogP contribution in [0.15, 0.2) is 24.3 Å². The zero-order valence-corrected chi connectivity index (χ0v) is 10.00. The summed E-state index contributed by atoms with van der Waals surface area (Å²) < 4.78 is 25.1. The lowest BCUT2D eigenvalue weighted by molar-refractivity contribution is 0.155. The van der Waals surface area contributed by atoms with E-state index in [1.54, 1.807) is 4.90 Å². The maximum atomic E-state index is 12.6. The summed E-state index contributed by atoms with van der Waals surface area (Å²) in [5.74, 6) is 0. The lowest BCUT2D eigenvalue weighted by atomic mass is 10.0. The predicted octanol–water partition coefficient (Wildman–Crippen LogP) is 2.81. The standard InChI is InChI=1S/C13H18F2N2/c1-16-11-6-4-8-17(9-13(14)15)12-7-3-2-5-10(11)12/h2-3,5,7,11,13,16H,4,6,8-9H2,1H3. The Morgan fingerprint density at radius 1 is 1.41 bits per heavy atom. The van der Waals surface area contributed by atoms with Crippen LogP contribution in [-0.2, 0) is 0 Å². The molecule has 0 spiro atoms. The second kappa shape index (κ2) is 5.45. The van der Waals surface area contributed by atoms with Crippen LogP contribution in [0, 0.1) is 0 Å². The van der Waals surface area contributed by atoms with Crippen LogP contribution in [-0.4, -0.2) is 26.6 Å². The minimum atomic E-state index is -2.28. The average Bonchev–Trinajstić information content (AvgIpc) is 2.49. The summed E-state index contributed by atoms with van der Waals surface area (Å²) in [7, 11) is 1.92. The van der Waals surface area contributed by atoms with Gasteiger partial charge in [-0.2, -0.15) is 0 Å². The van der Waals surface area contributed by atoms with Crippen molar-refractivity contribution in [3.63, 3.8) is 0 Å². The average molecular weight is 240 g/mol. The third kappa shape index (κ3) is 2.75. The molecule has 0 aromatic heterocycles. The summed E-state index contributed by atoms with van der Waals surface area (Å²) in [4.78, 5) is 1.80. The van der Waals surface area contributed by atoms with Gasteiger partial charge in [-0.1, -0.05) is 18.2 Å². The van der Waals surface area contributed by atoms with Gasteiger partial charge < -0.3 is 10.2 Å². The minimum Gasteiger partial charge on any atom is -0.366 e. The molecule has 1 aromatic carbocycles. The molecule has 0 saturated heterocycles. The number of halogens is 2. The monoisotopic (exact) mass is 240 g/mol. The van der Waals surface area contributed by atoms with Crippen LogP contribution in [0.3, 0.4) is 0 Å². The summed E-state index contributed by atoms with van der Waals surface area (Å²) in [6, 6.07) is 8.12. The van der Waals surface area contributed by atoms with Gasteiger partial charge in [-0.15, -0.1) is 0 Å². The Labute approximate surface area is 101 Å². The highest BCUT2D eigenvalue weighted by Gasteiger charge is 2.22. The zero-order valence-electron chi connectivity index (χ0n) is 10.00. The number of hydrogen-bond acceptors (Lipinski definition) is 2. The highest BCUT2D eigenvalue weighted by Crippen LogP contribution is 2.32. The molecule has 1 aromatic rings. The van der Waals surface area contributed by atoms with Gasteiger partial charge in [0.2, 0.25) is 0 Å². The van der Waals surface area contributed by atoms with Crippen LogP contribution < -0.4 is 10.2 Å². The Morgan fingerprint density at radius 2 is 2.18 bits per heavy atom. The Morgan fingerprint density at radius 3 is 2.88 bits per heavy atom. The Balaban J connectivity index is 2.32. The van der Waals surface area contributed by atoms with Gasteiger partial charge in [-0.05, 0) is 31.5 Å². The molecule has 0 fully saturated rings. The van der Waals surface area contributed by atoms with E-state index in [-0.39, 0.29) is 12.6 Å². The van der Waals surface area contributed by atoms with E-state index >= 15 is 0 Å². The van der Waals surface area contributed by atoms with Gasteiger partial charge in [0.15, 0.2) is 0 Å². The Hall–Kier alpha value is -1.16. The van der Waals surface area contributed by atoms with Crippen molar-refractivity contribution in [2.45, 2.75) is 25.3 Å². The molecule has 1 N–H and O–H groups in total. The smallest absolute Gasteiger partial charge is 0.255 e. The lowest BCUT2D eigenvalue weighted by Crippen LogP contribution is -2.29. The molecule has 0 saturated carbocycles.